The molecule has 1 aromatic carbocycles. The first-order valence-corrected chi connectivity index (χ1v) is 7.50. The Morgan fingerprint density at radius 1 is 1.44 bits per heavy atom. The molecule has 0 N–H and O–H groups in total. The van der Waals surface area contributed by atoms with Crippen LogP contribution in [-0.2, 0) is 11.2 Å². The van der Waals surface area contributed by atoms with Crippen molar-refractivity contribution in [3.63, 3.8) is 0 Å². The van der Waals surface area contributed by atoms with Gasteiger partial charge < -0.3 is 4.90 Å². The van der Waals surface area contributed by atoms with Crippen LogP contribution in [0.3, 0.4) is 0 Å². The Labute approximate surface area is 117 Å². The summed E-state index contributed by atoms with van der Waals surface area (Å²) in [7, 11) is 0. The van der Waals surface area contributed by atoms with Gasteiger partial charge in [-0.05, 0) is 50.3 Å². The lowest BCUT2D eigenvalue weighted by Gasteiger charge is -2.33. The minimum Gasteiger partial charge on any atom is -0.340 e. The molecule has 0 saturated carbocycles. The smallest absolute Gasteiger partial charge is 0.223 e. The van der Waals surface area contributed by atoms with Crippen LogP contribution in [0.2, 0.25) is 0 Å². The second-order valence-corrected chi connectivity index (χ2v) is 5.98. The number of likely N-dealkylation sites (tertiary alicyclic amines) is 1. The molecule has 0 aliphatic carbocycles. The Balaban J connectivity index is 1.88. The Kier molecular flexibility index (Phi) is 4.81. The van der Waals surface area contributed by atoms with Crippen molar-refractivity contribution >= 4 is 21.8 Å². The number of aryl methyl sites for hydroxylation is 1. The van der Waals surface area contributed by atoms with Crippen LogP contribution in [0.5, 0.6) is 0 Å². The number of hydrogen-bond acceptors (Lipinski definition) is 1. The summed E-state index contributed by atoms with van der Waals surface area (Å²) in [6.07, 6.45) is 5.04. The third-order valence-electron chi connectivity index (χ3n) is 3.64. The van der Waals surface area contributed by atoms with Gasteiger partial charge in [-0.25, -0.2) is 0 Å². The SMILES string of the molecule is CC1CCCCN1C(=O)CCc1cccc(Br)c1. The Morgan fingerprint density at radius 3 is 3.00 bits per heavy atom. The van der Waals surface area contributed by atoms with Gasteiger partial charge >= 0.3 is 0 Å². The first-order chi connectivity index (χ1) is 8.66. The van der Waals surface area contributed by atoms with E-state index >= 15 is 0 Å². The Hall–Kier alpha value is -0.830. The molecule has 0 spiro atoms. The second kappa shape index (κ2) is 6.37. The van der Waals surface area contributed by atoms with Crippen LogP contribution in [0, 0.1) is 0 Å². The van der Waals surface area contributed by atoms with E-state index in [1.165, 1.54) is 12.0 Å². The molecule has 1 amide bonds. The van der Waals surface area contributed by atoms with E-state index in [0.717, 1.165) is 30.3 Å². The maximum Gasteiger partial charge on any atom is 0.223 e. The third-order valence-corrected chi connectivity index (χ3v) is 4.13. The van der Waals surface area contributed by atoms with Crippen molar-refractivity contribution < 1.29 is 4.79 Å². The first-order valence-electron chi connectivity index (χ1n) is 6.71. The number of halogens is 1. The third kappa shape index (κ3) is 3.58. The van der Waals surface area contributed by atoms with E-state index in [4.69, 9.17) is 0 Å². The van der Waals surface area contributed by atoms with Crippen molar-refractivity contribution in [1.29, 1.82) is 0 Å². The van der Waals surface area contributed by atoms with Gasteiger partial charge in [0.05, 0.1) is 0 Å². The monoisotopic (exact) mass is 309 g/mol. The highest BCUT2D eigenvalue weighted by Gasteiger charge is 2.22. The minimum atomic E-state index is 0.308. The molecule has 1 aliphatic heterocycles. The van der Waals surface area contributed by atoms with Gasteiger partial charge in [-0.1, -0.05) is 28.1 Å². The largest absolute Gasteiger partial charge is 0.340 e. The van der Waals surface area contributed by atoms with Gasteiger partial charge in [0.2, 0.25) is 5.91 Å². The molecule has 2 rings (SSSR count). The molecule has 1 unspecified atom stereocenters. The summed E-state index contributed by atoms with van der Waals surface area (Å²) in [5, 5.41) is 0. The van der Waals surface area contributed by atoms with Gasteiger partial charge in [-0.15, -0.1) is 0 Å². The second-order valence-electron chi connectivity index (χ2n) is 5.06. The van der Waals surface area contributed by atoms with Crippen molar-refractivity contribution in [3.8, 4) is 0 Å². The topological polar surface area (TPSA) is 20.3 Å². The van der Waals surface area contributed by atoms with Gasteiger partial charge in [0, 0.05) is 23.5 Å². The number of piperidine rings is 1. The van der Waals surface area contributed by atoms with Crippen LogP contribution >= 0.6 is 15.9 Å². The van der Waals surface area contributed by atoms with E-state index < -0.39 is 0 Å². The summed E-state index contributed by atoms with van der Waals surface area (Å²) in [5.41, 5.74) is 1.22. The van der Waals surface area contributed by atoms with Crippen LogP contribution < -0.4 is 0 Å². The molecule has 98 valence electrons. The van der Waals surface area contributed by atoms with Gasteiger partial charge in [-0.3, -0.25) is 4.79 Å². The summed E-state index contributed by atoms with van der Waals surface area (Å²) < 4.78 is 1.08. The predicted octanol–water partition coefficient (Wildman–Crippen LogP) is 3.78. The molecule has 1 atom stereocenters. The van der Waals surface area contributed by atoms with Crippen molar-refractivity contribution in [3.05, 3.63) is 34.3 Å². The summed E-state index contributed by atoms with van der Waals surface area (Å²) >= 11 is 3.46. The molecule has 1 saturated heterocycles. The molecule has 1 fully saturated rings. The lowest BCUT2D eigenvalue weighted by molar-refractivity contribution is -0.134. The standard InChI is InChI=1S/C15H20BrNO/c1-12-5-2-3-10-17(12)15(18)9-8-13-6-4-7-14(16)11-13/h4,6-7,11-12H,2-3,5,8-10H2,1H3. The van der Waals surface area contributed by atoms with E-state index in [-0.39, 0.29) is 0 Å². The van der Waals surface area contributed by atoms with Crippen molar-refractivity contribution in [2.24, 2.45) is 0 Å². The minimum absolute atomic E-state index is 0.308. The van der Waals surface area contributed by atoms with Crippen LogP contribution in [-0.4, -0.2) is 23.4 Å². The molecule has 1 aliphatic rings. The summed E-state index contributed by atoms with van der Waals surface area (Å²) in [4.78, 5) is 14.2. The van der Waals surface area contributed by atoms with Gasteiger partial charge in [-0.2, -0.15) is 0 Å². The van der Waals surface area contributed by atoms with Crippen LogP contribution in [0.25, 0.3) is 0 Å². The molecule has 3 heteroatoms. The fourth-order valence-electron chi connectivity index (χ4n) is 2.56. The average molecular weight is 310 g/mol. The number of rotatable bonds is 3. The summed E-state index contributed by atoms with van der Waals surface area (Å²) in [6, 6.07) is 8.63. The zero-order chi connectivity index (χ0) is 13.0. The zero-order valence-corrected chi connectivity index (χ0v) is 12.4. The fraction of sp³-hybridized carbons (Fsp3) is 0.533. The van der Waals surface area contributed by atoms with E-state index in [0.29, 0.717) is 18.4 Å². The highest BCUT2D eigenvalue weighted by Crippen LogP contribution is 2.18. The highest BCUT2D eigenvalue weighted by atomic mass is 79.9. The quantitative estimate of drug-likeness (QED) is 0.832. The molecule has 0 aromatic heterocycles. The van der Waals surface area contributed by atoms with Crippen molar-refractivity contribution in [2.45, 2.75) is 45.1 Å². The van der Waals surface area contributed by atoms with Crippen molar-refractivity contribution in [1.82, 2.24) is 4.90 Å². The number of hydrogen-bond donors (Lipinski definition) is 0. The van der Waals surface area contributed by atoms with Crippen LogP contribution in [0.4, 0.5) is 0 Å². The fourth-order valence-corrected chi connectivity index (χ4v) is 3.00. The molecular formula is C15H20BrNO. The molecule has 18 heavy (non-hydrogen) atoms. The molecule has 1 heterocycles. The van der Waals surface area contributed by atoms with Crippen LogP contribution in [0.15, 0.2) is 28.7 Å². The summed E-state index contributed by atoms with van der Waals surface area (Å²) in [6.45, 7) is 3.11. The molecule has 0 radical (unpaired) electrons. The number of carbonyl (C=O) groups excluding carboxylic acids is 1. The first kappa shape index (κ1) is 13.6. The van der Waals surface area contributed by atoms with E-state index in [9.17, 15) is 4.79 Å². The molecule has 2 nitrogen and oxygen atoms in total. The number of amides is 1. The van der Waals surface area contributed by atoms with Gasteiger partial charge in [0.25, 0.3) is 0 Å². The molecule has 0 bridgehead atoms. The average Bonchev–Trinajstić information content (AvgIpc) is 2.37. The van der Waals surface area contributed by atoms with E-state index in [1.54, 1.807) is 0 Å². The van der Waals surface area contributed by atoms with E-state index in [2.05, 4.69) is 39.9 Å². The Bertz CT molecular complexity index is 419. The zero-order valence-electron chi connectivity index (χ0n) is 10.9. The lowest BCUT2D eigenvalue weighted by Crippen LogP contribution is -2.42. The maximum absolute atomic E-state index is 12.2. The Morgan fingerprint density at radius 2 is 2.28 bits per heavy atom. The van der Waals surface area contributed by atoms with Gasteiger partial charge in [0.15, 0.2) is 0 Å². The molecular weight excluding hydrogens is 290 g/mol. The molecule has 1 aromatic rings. The normalized spacial score (nSPS) is 19.9. The lowest BCUT2D eigenvalue weighted by atomic mass is 10.0. The van der Waals surface area contributed by atoms with Gasteiger partial charge in [0.1, 0.15) is 0 Å². The highest BCUT2D eigenvalue weighted by molar-refractivity contribution is 9.10. The number of benzene rings is 1. The van der Waals surface area contributed by atoms with Crippen molar-refractivity contribution in [2.75, 3.05) is 6.54 Å². The number of nitrogens with zero attached hydrogens (tertiary/aromatic N) is 1. The summed E-state index contributed by atoms with van der Waals surface area (Å²) in [5.74, 6) is 0.308. The maximum atomic E-state index is 12.2. The predicted molar refractivity (Wildman–Crippen MR) is 77.5 cm³/mol. The van der Waals surface area contributed by atoms with E-state index in [1.807, 2.05) is 12.1 Å². The van der Waals surface area contributed by atoms with Crippen LogP contribution in [0.1, 0.15) is 38.2 Å². The number of carbonyl (C=O) groups is 1.